The minimum Gasteiger partial charge on any atom is -0.357 e. The number of fused-ring (bicyclic) bond motifs is 1. The summed E-state index contributed by atoms with van der Waals surface area (Å²) in [7, 11) is 0. The van der Waals surface area contributed by atoms with Gasteiger partial charge in [-0.3, -0.25) is 0 Å². The number of H-pyrrole nitrogens is 1. The third-order valence-corrected chi connectivity index (χ3v) is 3.24. The first-order chi connectivity index (χ1) is 7.43. The van der Waals surface area contributed by atoms with Gasteiger partial charge in [0.15, 0.2) is 0 Å². The molecule has 0 unspecified atom stereocenters. The second-order valence-corrected chi connectivity index (χ2v) is 4.31. The fraction of sp³-hybridized carbons (Fsp3) is 0.385. The van der Waals surface area contributed by atoms with Crippen molar-refractivity contribution in [2.45, 2.75) is 25.3 Å². The van der Waals surface area contributed by atoms with E-state index in [2.05, 4.69) is 40.6 Å². The van der Waals surface area contributed by atoms with Crippen LogP contribution in [0.2, 0.25) is 0 Å². The summed E-state index contributed by atoms with van der Waals surface area (Å²) in [5.41, 5.74) is 2.59. The van der Waals surface area contributed by atoms with Crippen LogP contribution in [-0.4, -0.2) is 11.5 Å². The van der Waals surface area contributed by atoms with Crippen molar-refractivity contribution in [1.82, 2.24) is 10.3 Å². The van der Waals surface area contributed by atoms with Gasteiger partial charge in [-0.15, -0.1) is 0 Å². The summed E-state index contributed by atoms with van der Waals surface area (Å²) in [6.07, 6.45) is 3.91. The summed E-state index contributed by atoms with van der Waals surface area (Å²) in [5.74, 6) is 0. The number of aromatic nitrogens is 1. The predicted octanol–water partition coefficient (Wildman–Crippen LogP) is 2.98. The van der Waals surface area contributed by atoms with E-state index in [1.807, 2.05) is 0 Å². The monoisotopic (exact) mass is 200 g/mol. The zero-order chi connectivity index (χ0) is 10.1. The number of hydrogen-bond donors (Lipinski definition) is 2. The quantitative estimate of drug-likeness (QED) is 0.727. The molecule has 1 atom stereocenters. The lowest BCUT2D eigenvalue weighted by Gasteiger charge is -2.22. The van der Waals surface area contributed by atoms with Gasteiger partial charge in [-0.1, -0.05) is 24.6 Å². The van der Waals surface area contributed by atoms with Crippen LogP contribution in [0.1, 0.15) is 31.0 Å². The van der Waals surface area contributed by atoms with Crippen molar-refractivity contribution in [3.05, 3.63) is 36.0 Å². The molecule has 78 valence electrons. The van der Waals surface area contributed by atoms with Crippen molar-refractivity contribution >= 4 is 10.9 Å². The maximum absolute atomic E-state index is 3.57. The molecule has 1 aliphatic rings. The average molecular weight is 200 g/mol. The van der Waals surface area contributed by atoms with Crippen molar-refractivity contribution in [3.8, 4) is 0 Å². The SMILES string of the molecule is c1ccc2[nH]c([C@@H]3CCCCN3)cc2c1. The summed E-state index contributed by atoms with van der Waals surface area (Å²) in [5, 5.41) is 4.88. The highest BCUT2D eigenvalue weighted by Crippen LogP contribution is 2.25. The summed E-state index contributed by atoms with van der Waals surface area (Å²) in [6.45, 7) is 1.15. The Labute approximate surface area is 89.7 Å². The summed E-state index contributed by atoms with van der Waals surface area (Å²) in [4.78, 5) is 3.50. The molecule has 0 bridgehead atoms. The van der Waals surface area contributed by atoms with Crippen LogP contribution >= 0.6 is 0 Å². The summed E-state index contributed by atoms with van der Waals surface area (Å²) in [6, 6.07) is 11.3. The zero-order valence-corrected chi connectivity index (χ0v) is 8.79. The Kier molecular flexibility index (Phi) is 2.22. The molecule has 0 radical (unpaired) electrons. The van der Waals surface area contributed by atoms with E-state index < -0.39 is 0 Å². The fourth-order valence-electron chi connectivity index (χ4n) is 2.40. The molecule has 0 aliphatic carbocycles. The Balaban J connectivity index is 1.96. The number of nitrogens with one attached hydrogen (secondary N) is 2. The first-order valence-corrected chi connectivity index (χ1v) is 5.74. The van der Waals surface area contributed by atoms with Crippen LogP contribution in [-0.2, 0) is 0 Å². The fourth-order valence-corrected chi connectivity index (χ4v) is 2.40. The van der Waals surface area contributed by atoms with Crippen molar-refractivity contribution in [2.24, 2.45) is 0 Å². The largest absolute Gasteiger partial charge is 0.357 e. The molecule has 2 aromatic rings. The third-order valence-electron chi connectivity index (χ3n) is 3.24. The van der Waals surface area contributed by atoms with E-state index in [9.17, 15) is 0 Å². The van der Waals surface area contributed by atoms with Crippen molar-refractivity contribution < 1.29 is 0 Å². The predicted molar refractivity (Wildman–Crippen MR) is 62.9 cm³/mol. The topological polar surface area (TPSA) is 27.8 Å². The van der Waals surface area contributed by atoms with E-state index in [0.29, 0.717) is 6.04 Å². The molecule has 0 saturated carbocycles. The number of para-hydroxylation sites is 1. The van der Waals surface area contributed by atoms with E-state index in [4.69, 9.17) is 0 Å². The van der Waals surface area contributed by atoms with Crippen LogP contribution in [0.4, 0.5) is 0 Å². The molecule has 1 aromatic carbocycles. The molecule has 3 rings (SSSR count). The molecular weight excluding hydrogens is 184 g/mol. The Morgan fingerprint density at radius 2 is 2.07 bits per heavy atom. The highest BCUT2D eigenvalue weighted by atomic mass is 14.9. The summed E-state index contributed by atoms with van der Waals surface area (Å²) < 4.78 is 0. The Bertz CT molecular complexity index is 419. The van der Waals surface area contributed by atoms with Gasteiger partial charge in [-0.25, -0.2) is 0 Å². The average Bonchev–Trinajstić information content (AvgIpc) is 2.74. The maximum Gasteiger partial charge on any atom is 0.0473 e. The lowest BCUT2D eigenvalue weighted by Crippen LogP contribution is -2.26. The molecule has 1 saturated heterocycles. The normalized spacial score (nSPS) is 22.0. The first kappa shape index (κ1) is 8.98. The lowest BCUT2D eigenvalue weighted by molar-refractivity contribution is 0.407. The minimum absolute atomic E-state index is 0.533. The van der Waals surface area contributed by atoms with Crippen LogP contribution < -0.4 is 5.32 Å². The molecule has 1 aromatic heterocycles. The van der Waals surface area contributed by atoms with Crippen LogP contribution in [0.5, 0.6) is 0 Å². The highest BCUT2D eigenvalue weighted by Gasteiger charge is 2.16. The molecular formula is C13H16N2. The highest BCUT2D eigenvalue weighted by molar-refractivity contribution is 5.80. The van der Waals surface area contributed by atoms with Crippen LogP contribution in [0.25, 0.3) is 10.9 Å². The van der Waals surface area contributed by atoms with E-state index in [0.717, 1.165) is 6.54 Å². The van der Waals surface area contributed by atoms with E-state index in [1.54, 1.807) is 0 Å². The van der Waals surface area contributed by atoms with Gasteiger partial charge >= 0.3 is 0 Å². The zero-order valence-electron chi connectivity index (χ0n) is 8.79. The first-order valence-electron chi connectivity index (χ1n) is 5.74. The van der Waals surface area contributed by atoms with Crippen molar-refractivity contribution in [1.29, 1.82) is 0 Å². The molecule has 0 amide bonds. The number of rotatable bonds is 1. The maximum atomic E-state index is 3.57. The minimum atomic E-state index is 0.533. The standard InChI is InChI=1S/C13H16N2/c1-2-6-11-10(5-1)9-13(15-11)12-7-3-4-8-14-12/h1-2,5-6,9,12,14-15H,3-4,7-8H2/t12-/m0/s1. The molecule has 1 fully saturated rings. The van der Waals surface area contributed by atoms with E-state index >= 15 is 0 Å². The second kappa shape index (κ2) is 3.70. The van der Waals surface area contributed by atoms with Gasteiger partial charge in [0.25, 0.3) is 0 Å². The molecule has 2 heterocycles. The van der Waals surface area contributed by atoms with Gasteiger partial charge in [0.2, 0.25) is 0 Å². The van der Waals surface area contributed by atoms with Crippen LogP contribution in [0.15, 0.2) is 30.3 Å². The van der Waals surface area contributed by atoms with Gasteiger partial charge in [0.05, 0.1) is 0 Å². The Morgan fingerprint density at radius 3 is 2.87 bits per heavy atom. The summed E-state index contributed by atoms with van der Waals surface area (Å²) >= 11 is 0. The van der Waals surface area contributed by atoms with Crippen LogP contribution in [0, 0.1) is 0 Å². The van der Waals surface area contributed by atoms with E-state index in [-0.39, 0.29) is 0 Å². The number of hydrogen-bond acceptors (Lipinski definition) is 1. The van der Waals surface area contributed by atoms with Crippen molar-refractivity contribution in [3.63, 3.8) is 0 Å². The third kappa shape index (κ3) is 1.65. The Morgan fingerprint density at radius 1 is 1.13 bits per heavy atom. The van der Waals surface area contributed by atoms with E-state index in [1.165, 1.54) is 35.9 Å². The lowest BCUT2D eigenvalue weighted by atomic mass is 10.0. The Hall–Kier alpha value is -1.28. The molecule has 0 spiro atoms. The van der Waals surface area contributed by atoms with Gasteiger partial charge in [0, 0.05) is 17.3 Å². The smallest absolute Gasteiger partial charge is 0.0473 e. The van der Waals surface area contributed by atoms with Gasteiger partial charge in [-0.2, -0.15) is 0 Å². The molecule has 2 heteroatoms. The molecule has 2 nitrogen and oxygen atoms in total. The number of piperidine rings is 1. The van der Waals surface area contributed by atoms with Crippen LogP contribution in [0.3, 0.4) is 0 Å². The van der Waals surface area contributed by atoms with Gasteiger partial charge in [-0.05, 0) is 36.9 Å². The number of benzene rings is 1. The molecule has 1 aliphatic heterocycles. The second-order valence-electron chi connectivity index (χ2n) is 4.31. The molecule has 15 heavy (non-hydrogen) atoms. The van der Waals surface area contributed by atoms with Gasteiger partial charge in [0.1, 0.15) is 0 Å². The van der Waals surface area contributed by atoms with Gasteiger partial charge < -0.3 is 10.3 Å². The van der Waals surface area contributed by atoms with Crippen molar-refractivity contribution in [2.75, 3.05) is 6.54 Å². The molecule has 2 N–H and O–H groups in total. The number of aromatic amines is 1.